The molecule has 21 heavy (non-hydrogen) atoms. The summed E-state index contributed by atoms with van der Waals surface area (Å²) in [5.74, 6) is 2.18. The summed E-state index contributed by atoms with van der Waals surface area (Å²) in [7, 11) is -2.65. The summed E-state index contributed by atoms with van der Waals surface area (Å²) in [4.78, 5) is 20.0. The fraction of sp³-hybridized carbons (Fsp3) is 0.769. The molecule has 0 heterocycles. The van der Waals surface area contributed by atoms with Crippen molar-refractivity contribution in [2.45, 2.75) is 33.2 Å². The van der Waals surface area contributed by atoms with E-state index in [-0.39, 0.29) is 6.61 Å². The fourth-order valence-corrected chi connectivity index (χ4v) is 4.26. The Morgan fingerprint density at radius 1 is 1.14 bits per heavy atom. The van der Waals surface area contributed by atoms with Gasteiger partial charge in [0.2, 0.25) is 0 Å². The Balaban J connectivity index is 4.06. The molecular weight excluding hydrogens is 294 g/mol. The molecule has 0 saturated heterocycles. The number of terminal acetylenes is 1. The van der Waals surface area contributed by atoms with Crippen molar-refractivity contribution < 1.29 is 27.8 Å². The van der Waals surface area contributed by atoms with Gasteiger partial charge in [-0.05, 0) is 27.2 Å². The van der Waals surface area contributed by atoms with Crippen molar-refractivity contribution in [2.75, 3.05) is 33.0 Å². The lowest BCUT2D eigenvalue weighted by Crippen LogP contribution is -2.46. The Hall–Kier alpha value is -1.11. The van der Waals surface area contributed by atoms with E-state index in [1.807, 2.05) is 20.8 Å². The molecule has 8 heteroatoms. The number of rotatable bonds is 12. The van der Waals surface area contributed by atoms with Crippen LogP contribution >= 0.6 is 0 Å². The summed E-state index contributed by atoms with van der Waals surface area (Å²) >= 11 is 0. The molecule has 1 amide bonds. The summed E-state index contributed by atoms with van der Waals surface area (Å²) in [5, 5.41) is 2.54. The molecule has 0 fully saturated rings. The van der Waals surface area contributed by atoms with E-state index in [9.17, 15) is 4.79 Å². The lowest BCUT2D eigenvalue weighted by molar-refractivity contribution is -0.226. The average molecular weight is 319 g/mol. The minimum Gasteiger partial charge on any atom is -0.374 e. The van der Waals surface area contributed by atoms with Crippen LogP contribution in [0.2, 0.25) is 6.04 Å². The maximum absolute atomic E-state index is 11.2. The third-order valence-electron chi connectivity index (χ3n) is 2.30. The highest BCUT2D eigenvalue weighted by Crippen LogP contribution is 2.17. The van der Waals surface area contributed by atoms with Gasteiger partial charge in [0.05, 0.1) is 0 Å². The van der Waals surface area contributed by atoms with Gasteiger partial charge in [-0.25, -0.2) is 4.79 Å². The molecule has 0 aliphatic heterocycles. The van der Waals surface area contributed by atoms with E-state index in [4.69, 9.17) is 19.7 Å². The third-order valence-corrected chi connectivity index (χ3v) is 5.45. The lowest BCUT2D eigenvalue weighted by atomic mass is 10.5. The molecule has 0 unspecified atom stereocenters. The van der Waals surface area contributed by atoms with Crippen LogP contribution in [0.3, 0.4) is 0 Å². The Bertz CT molecular complexity index is 303. The normalized spacial score (nSPS) is 11.0. The third kappa shape index (κ3) is 9.44. The van der Waals surface area contributed by atoms with Crippen LogP contribution in [-0.4, -0.2) is 47.9 Å². The number of carbonyl (C=O) groups excluding carboxylic acids is 1. The first-order valence-corrected chi connectivity index (χ1v) is 8.99. The highest BCUT2D eigenvalue weighted by Gasteiger charge is 2.39. The van der Waals surface area contributed by atoms with Crippen molar-refractivity contribution in [3.8, 4) is 12.3 Å². The minimum absolute atomic E-state index is 0.0809. The molecule has 122 valence electrons. The summed E-state index contributed by atoms with van der Waals surface area (Å²) in [6.07, 6.45) is 4.92. The summed E-state index contributed by atoms with van der Waals surface area (Å²) in [5.41, 5.74) is 0. The smallest absolute Gasteiger partial charge is 0.374 e. The molecule has 1 N–H and O–H groups in total. The molecule has 0 rings (SSSR count). The van der Waals surface area contributed by atoms with Crippen LogP contribution in [0.4, 0.5) is 4.79 Å². The zero-order chi connectivity index (χ0) is 16.0. The SMILES string of the molecule is C#CCOOC(=O)NCCC[Si](OCC)(OCC)OCC. The second kappa shape index (κ2) is 12.6. The van der Waals surface area contributed by atoms with Gasteiger partial charge in [0.15, 0.2) is 6.61 Å². The monoisotopic (exact) mass is 319 g/mol. The second-order valence-electron chi connectivity index (χ2n) is 3.85. The molecule has 0 aromatic carbocycles. The van der Waals surface area contributed by atoms with Crippen LogP contribution < -0.4 is 5.32 Å². The van der Waals surface area contributed by atoms with Crippen LogP contribution in [0.25, 0.3) is 0 Å². The van der Waals surface area contributed by atoms with Crippen LogP contribution in [0.1, 0.15) is 27.2 Å². The van der Waals surface area contributed by atoms with Crippen LogP contribution in [0.5, 0.6) is 0 Å². The Morgan fingerprint density at radius 3 is 2.19 bits per heavy atom. The largest absolute Gasteiger partial charge is 0.500 e. The molecule has 0 bridgehead atoms. The first-order valence-electron chi connectivity index (χ1n) is 7.06. The first kappa shape index (κ1) is 19.9. The van der Waals surface area contributed by atoms with Gasteiger partial charge in [-0.3, -0.25) is 4.89 Å². The number of nitrogens with one attached hydrogen (secondary N) is 1. The number of amides is 1. The maximum Gasteiger partial charge on any atom is 0.500 e. The van der Waals surface area contributed by atoms with E-state index in [0.717, 1.165) is 0 Å². The van der Waals surface area contributed by atoms with Crippen molar-refractivity contribution in [3.63, 3.8) is 0 Å². The van der Waals surface area contributed by atoms with Crippen LogP contribution in [0, 0.1) is 12.3 Å². The van der Waals surface area contributed by atoms with Gasteiger partial charge in [-0.1, -0.05) is 5.92 Å². The Labute approximate surface area is 127 Å². The molecule has 0 spiro atoms. The molecule has 0 radical (unpaired) electrons. The van der Waals surface area contributed by atoms with Gasteiger partial charge in [-0.2, -0.15) is 4.89 Å². The summed E-state index contributed by atoms with van der Waals surface area (Å²) < 4.78 is 17.1. The molecule has 0 aromatic heterocycles. The van der Waals surface area contributed by atoms with Crippen molar-refractivity contribution in [1.82, 2.24) is 5.32 Å². The van der Waals surface area contributed by atoms with E-state index >= 15 is 0 Å². The lowest BCUT2D eigenvalue weighted by Gasteiger charge is -2.28. The van der Waals surface area contributed by atoms with E-state index in [1.54, 1.807) is 0 Å². The van der Waals surface area contributed by atoms with Crippen molar-refractivity contribution in [2.24, 2.45) is 0 Å². The predicted molar refractivity (Wildman–Crippen MR) is 79.3 cm³/mol. The zero-order valence-corrected chi connectivity index (χ0v) is 14.0. The highest BCUT2D eigenvalue weighted by molar-refractivity contribution is 6.60. The van der Waals surface area contributed by atoms with Crippen molar-refractivity contribution >= 4 is 14.9 Å². The van der Waals surface area contributed by atoms with Gasteiger partial charge in [0.25, 0.3) is 0 Å². The maximum atomic E-state index is 11.2. The van der Waals surface area contributed by atoms with Gasteiger partial charge in [0, 0.05) is 32.4 Å². The van der Waals surface area contributed by atoms with Gasteiger partial charge in [-0.15, -0.1) is 6.42 Å². The Morgan fingerprint density at radius 2 is 1.71 bits per heavy atom. The van der Waals surface area contributed by atoms with Gasteiger partial charge in [0.1, 0.15) is 0 Å². The highest BCUT2D eigenvalue weighted by atomic mass is 28.4. The fourth-order valence-electron chi connectivity index (χ4n) is 1.64. The molecular formula is C13H25NO6Si. The molecule has 0 saturated carbocycles. The standard InChI is InChI=1S/C13H25NO6Si/c1-5-11-16-20-13(15)14-10-9-12-21(17-6-2,18-7-3)19-8-4/h1H,6-12H2,2-4H3,(H,14,15). The zero-order valence-electron chi connectivity index (χ0n) is 13.0. The molecule has 0 atom stereocenters. The van der Waals surface area contributed by atoms with E-state index in [2.05, 4.69) is 21.0 Å². The Kier molecular flexibility index (Phi) is 11.9. The topological polar surface area (TPSA) is 75.3 Å². The van der Waals surface area contributed by atoms with Gasteiger partial charge >= 0.3 is 14.9 Å². The van der Waals surface area contributed by atoms with E-state index in [1.165, 1.54) is 0 Å². The number of carbonyl (C=O) groups is 1. The summed E-state index contributed by atoms with van der Waals surface area (Å²) in [6.45, 7) is 7.61. The molecule has 0 aromatic rings. The number of hydrogen-bond acceptors (Lipinski definition) is 6. The molecule has 7 nitrogen and oxygen atoms in total. The predicted octanol–water partition coefficient (Wildman–Crippen LogP) is 1.72. The second-order valence-corrected chi connectivity index (χ2v) is 6.58. The quantitative estimate of drug-likeness (QED) is 0.194. The molecule has 0 aliphatic carbocycles. The van der Waals surface area contributed by atoms with Crippen molar-refractivity contribution in [3.05, 3.63) is 0 Å². The van der Waals surface area contributed by atoms with Crippen molar-refractivity contribution in [1.29, 1.82) is 0 Å². The number of hydrogen-bond donors (Lipinski definition) is 1. The molecule has 0 aliphatic rings. The first-order chi connectivity index (χ1) is 10.1. The van der Waals surface area contributed by atoms with Gasteiger partial charge < -0.3 is 18.6 Å². The van der Waals surface area contributed by atoms with E-state index in [0.29, 0.717) is 38.8 Å². The van der Waals surface area contributed by atoms with Crippen LogP contribution in [0.15, 0.2) is 0 Å². The van der Waals surface area contributed by atoms with Crippen LogP contribution in [-0.2, 0) is 23.1 Å². The minimum atomic E-state index is -2.65. The summed E-state index contributed by atoms with van der Waals surface area (Å²) in [6, 6.07) is 0.619. The average Bonchev–Trinajstić information content (AvgIpc) is 2.45. The van der Waals surface area contributed by atoms with E-state index < -0.39 is 14.9 Å².